The minimum absolute atomic E-state index is 0.0337. The van der Waals surface area contributed by atoms with Crippen molar-refractivity contribution in [2.75, 3.05) is 6.61 Å². The molecule has 7 heteroatoms. The zero-order chi connectivity index (χ0) is 16.9. The highest BCUT2D eigenvalue weighted by atomic mass is 16.6. The fourth-order valence-electron chi connectivity index (χ4n) is 1.80. The maximum Gasteiger partial charge on any atom is 0.408 e. The number of ether oxygens (including phenoxy) is 2. The molecule has 1 aromatic rings. The van der Waals surface area contributed by atoms with Gasteiger partial charge in [-0.15, -0.1) is 0 Å². The predicted octanol–water partition coefficient (Wildman–Crippen LogP) is 3.07. The minimum atomic E-state index is -0.614. The molecule has 0 saturated carbocycles. The van der Waals surface area contributed by atoms with Crippen LogP contribution < -0.4 is 5.32 Å². The van der Waals surface area contributed by atoms with Gasteiger partial charge in [-0.3, -0.25) is 0 Å². The Morgan fingerprint density at radius 1 is 1.36 bits per heavy atom. The lowest BCUT2D eigenvalue weighted by atomic mass is 10.0. The zero-order valence-electron chi connectivity index (χ0n) is 13.9. The molecule has 0 aliphatic carbocycles. The number of esters is 1. The van der Waals surface area contributed by atoms with Crippen LogP contribution in [0.25, 0.3) is 0 Å². The number of rotatable bonds is 5. The van der Waals surface area contributed by atoms with Gasteiger partial charge in [-0.25, -0.2) is 14.6 Å². The third-order valence-electron chi connectivity index (χ3n) is 2.69. The molecule has 0 fully saturated rings. The first kappa shape index (κ1) is 18.0. The van der Waals surface area contributed by atoms with Gasteiger partial charge < -0.3 is 19.2 Å². The van der Waals surface area contributed by atoms with Crippen LogP contribution in [-0.4, -0.2) is 29.3 Å². The number of carbonyl (C=O) groups is 2. The van der Waals surface area contributed by atoms with Crippen molar-refractivity contribution < 1.29 is 23.5 Å². The van der Waals surface area contributed by atoms with Crippen LogP contribution in [0.5, 0.6) is 0 Å². The second-order valence-corrected chi connectivity index (χ2v) is 6.15. The van der Waals surface area contributed by atoms with Gasteiger partial charge in [0.1, 0.15) is 5.60 Å². The molecule has 1 atom stereocenters. The zero-order valence-corrected chi connectivity index (χ0v) is 13.9. The van der Waals surface area contributed by atoms with E-state index in [1.807, 2.05) is 13.8 Å². The molecule has 1 unspecified atom stereocenters. The van der Waals surface area contributed by atoms with E-state index in [0.29, 0.717) is 0 Å². The first-order chi connectivity index (χ1) is 10.2. The lowest BCUT2D eigenvalue weighted by Gasteiger charge is -2.24. The molecule has 0 aliphatic heterocycles. The van der Waals surface area contributed by atoms with Crippen LogP contribution in [-0.2, 0) is 9.47 Å². The molecule has 0 spiro atoms. The smallest absolute Gasteiger partial charge is 0.408 e. The van der Waals surface area contributed by atoms with E-state index in [1.54, 1.807) is 27.7 Å². The lowest BCUT2D eigenvalue weighted by molar-refractivity contribution is 0.0463. The van der Waals surface area contributed by atoms with Crippen molar-refractivity contribution in [3.8, 4) is 0 Å². The summed E-state index contributed by atoms with van der Waals surface area (Å²) in [6.07, 6.45) is 0.575. The first-order valence-electron chi connectivity index (χ1n) is 7.25. The third kappa shape index (κ3) is 5.05. The van der Waals surface area contributed by atoms with Crippen LogP contribution in [0.4, 0.5) is 4.79 Å². The van der Waals surface area contributed by atoms with Crippen LogP contribution in [0, 0.1) is 5.92 Å². The van der Waals surface area contributed by atoms with Crippen LogP contribution in [0.3, 0.4) is 0 Å². The van der Waals surface area contributed by atoms with Crippen molar-refractivity contribution in [3.05, 3.63) is 17.8 Å². The van der Waals surface area contributed by atoms with Crippen molar-refractivity contribution in [2.45, 2.75) is 53.2 Å². The SMILES string of the molecule is CCOC(=O)c1ncoc1C(NC(=O)OC(C)(C)C)C(C)C. The Kier molecular flexibility index (Phi) is 5.96. The average Bonchev–Trinajstić information content (AvgIpc) is 2.82. The molecule has 0 bridgehead atoms. The molecule has 0 aliphatic rings. The quantitative estimate of drug-likeness (QED) is 0.840. The monoisotopic (exact) mass is 312 g/mol. The van der Waals surface area contributed by atoms with E-state index in [2.05, 4.69) is 10.3 Å². The number of hydrogen-bond acceptors (Lipinski definition) is 6. The summed E-state index contributed by atoms with van der Waals surface area (Å²) in [4.78, 5) is 27.7. The average molecular weight is 312 g/mol. The van der Waals surface area contributed by atoms with Crippen molar-refractivity contribution in [1.82, 2.24) is 10.3 Å². The molecule has 22 heavy (non-hydrogen) atoms. The van der Waals surface area contributed by atoms with Gasteiger partial charge in [-0.1, -0.05) is 13.8 Å². The summed E-state index contributed by atoms with van der Waals surface area (Å²) in [7, 11) is 0. The number of carbonyl (C=O) groups excluding carboxylic acids is 2. The number of amides is 1. The Morgan fingerprint density at radius 2 is 2.00 bits per heavy atom. The van der Waals surface area contributed by atoms with E-state index in [4.69, 9.17) is 13.9 Å². The number of hydrogen-bond donors (Lipinski definition) is 1. The van der Waals surface area contributed by atoms with Gasteiger partial charge in [-0.2, -0.15) is 0 Å². The van der Waals surface area contributed by atoms with Crippen LogP contribution in [0.1, 0.15) is 63.8 Å². The molecule has 0 aromatic carbocycles. The molecular weight excluding hydrogens is 288 g/mol. The van der Waals surface area contributed by atoms with E-state index >= 15 is 0 Å². The van der Waals surface area contributed by atoms with E-state index < -0.39 is 23.7 Å². The molecule has 1 amide bonds. The second-order valence-electron chi connectivity index (χ2n) is 6.15. The number of oxazole rings is 1. The summed E-state index contributed by atoms with van der Waals surface area (Å²) in [6, 6.07) is -0.545. The number of nitrogens with zero attached hydrogens (tertiary/aromatic N) is 1. The van der Waals surface area contributed by atoms with Crippen LogP contribution >= 0.6 is 0 Å². The van der Waals surface area contributed by atoms with Gasteiger partial charge in [0.25, 0.3) is 0 Å². The van der Waals surface area contributed by atoms with Crippen molar-refractivity contribution >= 4 is 12.1 Å². The predicted molar refractivity (Wildman–Crippen MR) is 79.4 cm³/mol. The molecular formula is C15H24N2O5. The summed E-state index contributed by atoms with van der Waals surface area (Å²) in [5, 5.41) is 2.71. The molecule has 124 valence electrons. The number of aromatic nitrogens is 1. The Hall–Kier alpha value is -2.05. The Morgan fingerprint density at radius 3 is 2.50 bits per heavy atom. The van der Waals surface area contributed by atoms with E-state index in [-0.39, 0.29) is 24.0 Å². The van der Waals surface area contributed by atoms with Gasteiger partial charge >= 0.3 is 12.1 Å². The Labute approximate surface area is 130 Å². The number of nitrogens with one attached hydrogen (secondary N) is 1. The van der Waals surface area contributed by atoms with Gasteiger partial charge in [0.15, 0.2) is 17.8 Å². The highest BCUT2D eigenvalue weighted by Crippen LogP contribution is 2.25. The maximum atomic E-state index is 12.0. The molecule has 1 aromatic heterocycles. The molecule has 0 radical (unpaired) electrons. The molecule has 1 N–H and O–H groups in total. The molecule has 1 heterocycles. The number of alkyl carbamates (subject to hydrolysis) is 1. The summed E-state index contributed by atoms with van der Waals surface area (Å²) >= 11 is 0. The summed E-state index contributed by atoms with van der Waals surface area (Å²) in [5.41, 5.74) is -0.548. The Balaban J connectivity index is 2.95. The second kappa shape index (κ2) is 7.29. The summed E-state index contributed by atoms with van der Waals surface area (Å²) in [5.74, 6) is -0.351. The fourth-order valence-corrected chi connectivity index (χ4v) is 1.80. The van der Waals surface area contributed by atoms with Gasteiger partial charge in [0.05, 0.1) is 12.6 Å². The van der Waals surface area contributed by atoms with E-state index in [9.17, 15) is 9.59 Å². The van der Waals surface area contributed by atoms with Gasteiger partial charge in [0.2, 0.25) is 0 Å². The van der Waals surface area contributed by atoms with Crippen molar-refractivity contribution in [1.29, 1.82) is 0 Å². The summed E-state index contributed by atoms with van der Waals surface area (Å²) < 4.78 is 15.5. The van der Waals surface area contributed by atoms with Crippen molar-refractivity contribution in [3.63, 3.8) is 0 Å². The third-order valence-corrected chi connectivity index (χ3v) is 2.69. The highest BCUT2D eigenvalue weighted by molar-refractivity contribution is 5.88. The van der Waals surface area contributed by atoms with Gasteiger partial charge in [-0.05, 0) is 33.6 Å². The molecule has 0 saturated heterocycles. The minimum Gasteiger partial charge on any atom is -0.461 e. The van der Waals surface area contributed by atoms with Gasteiger partial charge in [0, 0.05) is 0 Å². The maximum absolute atomic E-state index is 12.0. The van der Waals surface area contributed by atoms with Crippen LogP contribution in [0.2, 0.25) is 0 Å². The van der Waals surface area contributed by atoms with Crippen LogP contribution in [0.15, 0.2) is 10.8 Å². The highest BCUT2D eigenvalue weighted by Gasteiger charge is 2.30. The van der Waals surface area contributed by atoms with E-state index in [0.717, 1.165) is 6.39 Å². The normalized spacial score (nSPS) is 12.9. The summed E-state index contributed by atoms with van der Waals surface area (Å²) in [6.45, 7) is 11.0. The molecule has 1 rings (SSSR count). The first-order valence-corrected chi connectivity index (χ1v) is 7.25. The standard InChI is InChI=1S/C15H24N2O5/c1-7-20-13(18)11-12(21-8-16-11)10(9(2)3)17-14(19)22-15(4,5)6/h8-10H,7H2,1-6H3,(H,17,19). The molecule has 7 nitrogen and oxygen atoms in total. The lowest BCUT2D eigenvalue weighted by Crippen LogP contribution is -2.37. The largest absolute Gasteiger partial charge is 0.461 e. The topological polar surface area (TPSA) is 90.7 Å². The Bertz CT molecular complexity index is 516. The van der Waals surface area contributed by atoms with Crippen molar-refractivity contribution in [2.24, 2.45) is 5.92 Å². The fraction of sp³-hybridized carbons (Fsp3) is 0.667. The van der Waals surface area contributed by atoms with E-state index in [1.165, 1.54) is 0 Å².